The van der Waals surface area contributed by atoms with Gasteiger partial charge >= 0.3 is 0 Å². The van der Waals surface area contributed by atoms with Crippen molar-refractivity contribution < 1.29 is 22.7 Å². The van der Waals surface area contributed by atoms with Crippen LogP contribution in [0.5, 0.6) is 5.75 Å². The van der Waals surface area contributed by atoms with Crippen molar-refractivity contribution in [3.63, 3.8) is 0 Å². The van der Waals surface area contributed by atoms with Crippen LogP contribution in [0.3, 0.4) is 0 Å². The second-order valence-corrected chi connectivity index (χ2v) is 5.18. The minimum absolute atomic E-state index is 0.0340. The number of anilines is 1. The standard InChI is InChI=1S/C15H14FNO4S/c1-10(18)11-2-7-15(17-22(19)20)12(8-11)9-21-14-5-3-13(16)4-6-14/h2-8,17H,9H2,1H3,(H,19,20)/p-1. The molecule has 1 N–H and O–H groups in total. The van der Waals surface area contributed by atoms with Crippen LogP contribution in [0, 0.1) is 5.82 Å². The lowest BCUT2D eigenvalue weighted by molar-refractivity contribution is 0.101. The molecular weight excluding hydrogens is 309 g/mol. The van der Waals surface area contributed by atoms with E-state index in [1.54, 1.807) is 6.07 Å². The van der Waals surface area contributed by atoms with Gasteiger partial charge in [-0.25, -0.2) is 4.39 Å². The Morgan fingerprint density at radius 2 is 1.95 bits per heavy atom. The molecular formula is C15H13FNO4S-. The number of halogens is 1. The summed E-state index contributed by atoms with van der Waals surface area (Å²) in [5, 5.41) is 0. The molecule has 116 valence electrons. The van der Waals surface area contributed by atoms with Gasteiger partial charge in [-0.05, 0) is 49.4 Å². The highest BCUT2D eigenvalue weighted by Crippen LogP contribution is 2.21. The van der Waals surface area contributed by atoms with Crippen LogP contribution in [-0.4, -0.2) is 14.5 Å². The average molecular weight is 322 g/mol. The lowest BCUT2D eigenvalue weighted by atomic mass is 10.1. The quantitative estimate of drug-likeness (QED) is 0.655. The van der Waals surface area contributed by atoms with E-state index in [9.17, 15) is 17.9 Å². The van der Waals surface area contributed by atoms with Crippen LogP contribution in [-0.2, 0) is 17.9 Å². The molecule has 7 heteroatoms. The Kier molecular flexibility index (Phi) is 5.24. The maximum Gasteiger partial charge on any atom is 0.159 e. The SMILES string of the molecule is CC(=O)c1ccc(NS(=O)[O-])c(COc2ccc(F)cc2)c1. The zero-order chi connectivity index (χ0) is 16.1. The van der Waals surface area contributed by atoms with Crippen molar-refractivity contribution in [2.75, 3.05) is 4.72 Å². The number of nitrogens with one attached hydrogen (secondary N) is 1. The molecule has 0 saturated heterocycles. The van der Waals surface area contributed by atoms with Crippen LogP contribution in [0.4, 0.5) is 10.1 Å². The minimum atomic E-state index is -2.49. The van der Waals surface area contributed by atoms with E-state index in [0.29, 0.717) is 22.6 Å². The molecule has 2 aromatic rings. The van der Waals surface area contributed by atoms with Crippen molar-refractivity contribution in [1.29, 1.82) is 0 Å². The monoisotopic (exact) mass is 322 g/mol. The van der Waals surface area contributed by atoms with Gasteiger partial charge in [0.1, 0.15) is 18.2 Å². The molecule has 0 aliphatic carbocycles. The average Bonchev–Trinajstić information content (AvgIpc) is 2.47. The van der Waals surface area contributed by atoms with E-state index in [4.69, 9.17) is 4.74 Å². The smallest absolute Gasteiger partial charge is 0.159 e. The third-order valence-corrected chi connectivity index (χ3v) is 3.30. The Labute approximate surface area is 129 Å². The van der Waals surface area contributed by atoms with Crippen molar-refractivity contribution in [2.45, 2.75) is 13.5 Å². The fraction of sp³-hybridized carbons (Fsp3) is 0.133. The van der Waals surface area contributed by atoms with E-state index in [2.05, 4.69) is 4.72 Å². The molecule has 0 amide bonds. The van der Waals surface area contributed by atoms with Crippen LogP contribution in [0.15, 0.2) is 42.5 Å². The van der Waals surface area contributed by atoms with E-state index < -0.39 is 11.3 Å². The van der Waals surface area contributed by atoms with E-state index in [-0.39, 0.29) is 18.2 Å². The maximum atomic E-state index is 12.8. The van der Waals surface area contributed by atoms with Gasteiger partial charge in [-0.3, -0.25) is 9.00 Å². The zero-order valence-electron chi connectivity index (χ0n) is 11.7. The third-order valence-electron chi connectivity index (χ3n) is 2.91. The van der Waals surface area contributed by atoms with Crippen molar-refractivity contribution >= 4 is 22.7 Å². The summed E-state index contributed by atoms with van der Waals surface area (Å²) in [6, 6.07) is 10.0. The summed E-state index contributed by atoms with van der Waals surface area (Å²) in [6.07, 6.45) is 0. The molecule has 0 fully saturated rings. The molecule has 0 radical (unpaired) electrons. The molecule has 0 aromatic heterocycles. The Hall–Kier alpha value is -2.25. The fourth-order valence-corrected chi connectivity index (χ4v) is 2.19. The summed E-state index contributed by atoms with van der Waals surface area (Å²) in [6.45, 7) is 1.45. The summed E-state index contributed by atoms with van der Waals surface area (Å²) >= 11 is -2.49. The number of ketones is 1. The molecule has 0 bridgehead atoms. The predicted octanol–water partition coefficient (Wildman–Crippen LogP) is 2.81. The lowest BCUT2D eigenvalue weighted by Gasteiger charge is -2.15. The van der Waals surface area contributed by atoms with Crippen LogP contribution in [0.1, 0.15) is 22.8 Å². The largest absolute Gasteiger partial charge is 0.755 e. The molecule has 1 atom stereocenters. The normalized spacial score (nSPS) is 11.8. The fourth-order valence-electron chi connectivity index (χ4n) is 1.81. The van der Waals surface area contributed by atoms with E-state index in [0.717, 1.165) is 0 Å². The Balaban J connectivity index is 2.22. The highest BCUT2D eigenvalue weighted by molar-refractivity contribution is 7.80. The summed E-state index contributed by atoms with van der Waals surface area (Å²) < 4.78 is 42.1. The van der Waals surface area contributed by atoms with Gasteiger partial charge in [-0.15, -0.1) is 0 Å². The molecule has 5 nitrogen and oxygen atoms in total. The number of carbonyl (C=O) groups excluding carboxylic acids is 1. The second kappa shape index (κ2) is 7.15. The number of ether oxygens (including phenoxy) is 1. The zero-order valence-corrected chi connectivity index (χ0v) is 12.5. The van der Waals surface area contributed by atoms with Gasteiger partial charge in [-0.1, -0.05) is 0 Å². The molecule has 2 aromatic carbocycles. The first-order valence-electron chi connectivity index (χ1n) is 6.34. The van der Waals surface area contributed by atoms with Crippen LogP contribution >= 0.6 is 0 Å². The molecule has 22 heavy (non-hydrogen) atoms. The van der Waals surface area contributed by atoms with E-state index >= 15 is 0 Å². The number of carbonyl (C=O) groups is 1. The maximum absolute atomic E-state index is 12.8. The van der Waals surface area contributed by atoms with Gasteiger partial charge in [0.25, 0.3) is 0 Å². The number of benzene rings is 2. The van der Waals surface area contributed by atoms with E-state index in [1.165, 1.54) is 43.3 Å². The first-order valence-corrected chi connectivity index (χ1v) is 7.41. The lowest BCUT2D eigenvalue weighted by Crippen LogP contribution is -2.08. The molecule has 0 spiro atoms. The van der Waals surface area contributed by atoms with Gasteiger partial charge in [0, 0.05) is 22.4 Å². The Morgan fingerprint density at radius 1 is 1.27 bits per heavy atom. The Morgan fingerprint density at radius 3 is 2.55 bits per heavy atom. The highest BCUT2D eigenvalue weighted by atomic mass is 32.2. The second-order valence-electron chi connectivity index (χ2n) is 4.51. The summed E-state index contributed by atoms with van der Waals surface area (Å²) in [5.41, 5.74) is 1.27. The summed E-state index contributed by atoms with van der Waals surface area (Å²) in [7, 11) is 0. The van der Waals surface area contributed by atoms with Gasteiger partial charge < -0.3 is 14.0 Å². The molecule has 0 heterocycles. The van der Waals surface area contributed by atoms with Crippen molar-refractivity contribution in [3.8, 4) is 5.75 Å². The number of hydrogen-bond donors (Lipinski definition) is 1. The first kappa shape index (κ1) is 16.1. The predicted molar refractivity (Wildman–Crippen MR) is 79.7 cm³/mol. The van der Waals surface area contributed by atoms with Gasteiger partial charge in [0.05, 0.1) is 5.69 Å². The van der Waals surface area contributed by atoms with Gasteiger partial charge in [0.2, 0.25) is 0 Å². The number of Topliss-reactive ketones (excluding diaryl/α,β-unsaturated/α-hetero) is 1. The summed E-state index contributed by atoms with van der Waals surface area (Å²) in [4.78, 5) is 11.4. The number of rotatable bonds is 6. The van der Waals surface area contributed by atoms with Crippen LogP contribution < -0.4 is 9.46 Å². The minimum Gasteiger partial charge on any atom is -0.755 e. The van der Waals surface area contributed by atoms with Crippen LogP contribution in [0.25, 0.3) is 0 Å². The van der Waals surface area contributed by atoms with Crippen LogP contribution in [0.2, 0.25) is 0 Å². The molecule has 0 saturated carbocycles. The van der Waals surface area contributed by atoms with Crippen molar-refractivity contribution in [1.82, 2.24) is 0 Å². The van der Waals surface area contributed by atoms with E-state index in [1.807, 2.05) is 0 Å². The van der Waals surface area contributed by atoms with Gasteiger partial charge in [-0.2, -0.15) is 0 Å². The Bertz CT molecular complexity index is 703. The van der Waals surface area contributed by atoms with Crippen molar-refractivity contribution in [3.05, 3.63) is 59.4 Å². The molecule has 2 rings (SSSR count). The van der Waals surface area contributed by atoms with Crippen molar-refractivity contribution in [2.24, 2.45) is 0 Å². The topological polar surface area (TPSA) is 78.5 Å². The van der Waals surface area contributed by atoms with Gasteiger partial charge in [0.15, 0.2) is 5.78 Å². The summed E-state index contributed by atoms with van der Waals surface area (Å²) in [5.74, 6) is -0.0864. The first-order chi connectivity index (χ1) is 10.5. The highest BCUT2D eigenvalue weighted by Gasteiger charge is 2.08. The number of hydrogen-bond acceptors (Lipinski definition) is 4. The molecule has 1 unspecified atom stereocenters. The third kappa shape index (κ3) is 4.37. The molecule has 0 aliphatic rings. The molecule has 0 aliphatic heterocycles.